The summed E-state index contributed by atoms with van der Waals surface area (Å²) in [7, 11) is 1.19. The van der Waals surface area contributed by atoms with Crippen LogP contribution in [0.2, 0.25) is 0 Å². The van der Waals surface area contributed by atoms with Crippen LogP contribution in [0.5, 0.6) is 0 Å². The quantitative estimate of drug-likeness (QED) is 0.417. The molecule has 2 aromatic heterocycles. The van der Waals surface area contributed by atoms with Crippen molar-refractivity contribution in [3.63, 3.8) is 0 Å². The van der Waals surface area contributed by atoms with Crippen molar-refractivity contribution in [3.05, 3.63) is 95.6 Å². The van der Waals surface area contributed by atoms with Gasteiger partial charge in [0.15, 0.2) is 0 Å². The van der Waals surface area contributed by atoms with E-state index in [1.54, 1.807) is 36.7 Å². The van der Waals surface area contributed by atoms with Crippen LogP contribution in [0.15, 0.2) is 73.3 Å². The summed E-state index contributed by atoms with van der Waals surface area (Å²) >= 11 is 0. The van der Waals surface area contributed by atoms with E-state index in [4.69, 9.17) is 0 Å². The number of rotatable bonds is 10. The molecule has 194 valence electrons. The molecule has 0 spiro atoms. The number of ether oxygens (including phenoxy) is 1. The van der Waals surface area contributed by atoms with Gasteiger partial charge >= 0.3 is 18.1 Å². The van der Waals surface area contributed by atoms with E-state index in [9.17, 15) is 27.6 Å². The second kappa shape index (κ2) is 12.6. The second-order valence-electron chi connectivity index (χ2n) is 8.01. The van der Waals surface area contributed by atoms with Crippen LogP contribution in [-0.2, 0) is 27.2 Å². The molecule has 3 aromatic rings. The Labute approximate surface area is 211 Å². The number of alkyl halides is 3. The molecule has 1 aromatic carbocycles. The maximum Gasteiger partial charge on any atom is 0.471 e. The van der Waals surface area contributed by atoms with Gasteiger partial charge in [0.1, 0.15) is 6.04 Å². The van der Waals surface area contributed by atoms with Gasteiger partial charge in [0.2, 0.25) is 5.91 Å². The first-order valence-electron chi connectivity index (χ1n) is 11.3. The van der Waals surface area contributed by atoms with Crippen LogP contribution in [0.4, 0.5) is 13.2 Å². The lowest BCUT2D eigenvalue weighted by Crippen LogP contribution is -2.49. The number of nitrogens with one attached hydrogen (secondary N) is 1. The Morgan fingerprint density at radius 3 is 1.95 bits per heavy atom. The van der Waals surface area contributed by atoms with Gasteiger partial charge in [-0.3, -0.25) is 19.6 Å². The fourth-order valence-electron chi connectivity index (χ4n) is 3.68. The average molecular weight is 515 g/mol. The normalized spacial score (nSPS) is 11.9. The first-order valence-corrected chi connectivity index (χ1v) is 11.3. The molecule has 1 atom stereocenters. The summed E-state index contributed by atoms with van der Waals surface area (Å²) in [5.74, 6) is -3.58. The number of aromatic nitrogens is 2. The molecule has 0 aliphatic heterocycles. The third-order valence-electron chi connectivity index (χ3n) is 5.56. The fourth-order valence-corrected chi connectivity index (χ4v) is 3.68. The van der Waals surface area contributed by atoms with Crippen molar-refractivity contribution in [2.75, 3.05) is 20.2 Å². The third kappa shape index (κ3) is 7.60. The molecule has 0 radical (unpaired) electrons. The molecule has 2 heterocycles. The van der Waals surface area contributed by atoms with E-state index in [1.807, 2.05) is 0 Å². The molecule has 0 fully saturated rings. The van der Waals surface area contributed by atoms with E-state index in [0.29, 0.717) is 16.9 Å². The zero-order valence-electron chi connectivity index (χ0n) is 19.9. The lowest BCUT2D eigenvalue weighted by molar-refractivity contribution is -0.188. The van der Waals surface area contributed by atoms with Crippen molar-refractivity contribution in [2.45, 2.75) is 25.1 Å². The van der Waals surface area contributed by atoms with Gasteiger partial charge in [0.05, 0.1) is 12.7 Å². The molecule has 37 heavy (non-hydrogen) atoms. The maximum absolute atomic E-state index is 13.7. The first-order chi connectivity index (χ1) is 17.7. The van der Waals surface area contributed by atoms with Gasteiger partial charge in [-0.25, -0.2) is 4.79 Å². The molecule has 0 aliphatic rings. The summed E-state index contributed by atoms with van der Waals surface area (Å²) < 4.78 is 45.6. The second-order valence-corrected chi connectivity index (χ2v) is 8.01. The van der Waals surface area contributed by atoms with E-state index >= 15 is 0 Å². The Balaban J connectivity index is 1.92. The van der Waals surface area contributed by atoms with Gasteiger partial charge in [0, 0.05) is 37.9 Å². The average Bonchev–Trinajstić information content (AvgIpc) is 2.91. The minimum absolute atomic E-state index is 0.0609. The Hall–Kier alpha value is -4.28. The van der Waals surface area contributed by atoms with Gasteiger partial charge in [-0.2, -0.15) is 13.2 Å². The standard InChI is InChI=1S/C26H25F3N4O4/c1-37-24(35)21-4-2-20(3-5-21)22(23(34)32-16-10-18-6-12-30-13-7-18)33(25(36)26(27,28)29)17-11-19-8-14-31-15-9-19/h2-9,12-15,22H,10-11,16-17H2,1H3,(H,32,34). The van der Waals surface area contributed by atoms with Gasteiger partial charge in [-0.05, 0) is 65.9 Å². The number of pyridine rings is 2. The molecular formula is C26H25F3N4O4. The minimum atomic E-state index is -5.21. The van der Waals surface area contributed by atoms with Crippen molar-refractivity contribution in [2.24, 2.45) is 0 Å². The molecular weight excluding hydrogens is 489 g/mol. The van der Waals surface area contributed by atoms with Crippen molar-refractivity contribution in [3.8, 4) is 0 Å². The maximum atomic E-state index is 13.7. The van der Waals surface area contributed by atoms with Crippen LogP contribution < -0.4 is 5.32 Å². The Morgan fingerprint density at radius 1 is 0.892 bits per heavy atom. The van der Waals surface area contributed by atoms with Gasteiger partial charge in [-0.15, -0.1) is 0 Å². The number of amides is 2. The number of hydrogen-bond acceptors (Lipinski definition) is 6. The predicted molar refractivity (Wildman–Crippen MR) is 127 cm³/mol. The van der Waals surface area contributed by atoms with E-state index in [-0.39, 0.29) is 30.6 Å². The highest BCUT2D eigenvalue weighted by Gasteiger charge is 2.46. The zero-order valence-corrected chi connectivity index (χ0v) is 19.9. The van der Waals surface area contributed by atoms with Crippen LogP contribution in [-0.4, -0.2) is 59.0 Å². The monoisotopic (exact) mass is 514 g/mol. The molecule has 2 amide bonds. The molecule has 11 heteroatoms. The summed E-state index contributed by atoms with van der Waals surface area (Å²) in [5, 5.41) is 2.64. The molecule has 1 unspecified atom stereocenters. The number of benzene rings is 1. The summed E-state index contributed by atoms with van der Waals surface area (Å²) in [5.41, 5.74) is 1.78. The molecule has 0 aliphatic carbocycles. The highest BCUT2D eigenvalue weighted by molar-refractivity contribution is 5.92. The molecule has 3 rings (SSSR count). The summed E-state index contributed by atoms with van der Waals surface area (Å²) in [6.07, 6.45) is 1.41. The molecule has 8 nitrogen and oxygen atoms in total. The number of carbonyl (C=O) groups is 3. The van der Waals surface area contributed by atoms with Crippen molar-refractivity contribution in [1.29, 1.82) is 0 Å². The lowest BCUT2D eigenvalue weighted by Gasteiger charge is -2.32. The number of nitrogens with zero attached hydrogens (tertiary/aromatic N) is 3. The van der Waals surface area contributed by atoms with Crippen molar-refractivity contribution < 1.29 is 32.3 Å². The Bertz CT molecular complexity index is 1190. The molecule has 0 saturated heterocycles. The van der Waals surface area contributed by atoms with Crippen molar-refractivity contribution >= 4 is 17.8 Å². The fraction of sp³-hybridized carbons (Fsp3) is 0.269. The largest absolute Gasteiger partial charge is 0.471 e. The van der Waals surface area contributed by atoms with Crippen LogP contribution in [0, 0.1) is 0 Å². The Morgan fingerprint density at radius 2 is 1.43 bits per heavy atom. The van der Waals surface area contributed by atoms with Crippen LogP contribution in [0.1, 0.15) is 33.1 Å². The highest BCUT2D eigenvalue weighted by Crippen LogP contribution is 2.28. The summed E-state index contributed by atoms with van der Waals surface area (Å²) in [6, 6.07) is 10.5. The van der Waals surface area contributed by atoms with Crippen LogP contribution in [0.25, 0.3) is 0 Å². The van der Waals surface area contributed by atoms with E-state index in [1.165, 1.54) is 43.8 Å². The van der Waals surface area contributed by atoms with Crippen LogP contribution >= 0.6 is 0 Å². The predicted octanol–water partition coefficient (Wildman–Crippen LogP) is 3.30. The van der Waals surface area contributed by atoms with E-state index in [0.717, 1.165) is 5.56 Å². The van der Waals surface area contributed by atoms with E-state index in [2.05, 4.69) is 20.0 Å². The Kier molecular flexibility index (Phi) is 9.31. The first kappa shape index (κ1) is 27.3. The van der Waals surface area contributed by atoms with Gasteiger partial charge in [-0.1, -0.05) is 12.1 Å². The van der Waals surface area contributed by atoms with E-state index < -0.39 is 30.0 Å². The molecule has 1 N–H and O–H groups in total. The smallest absolute Gasteiger partial charge is 0.465 e. The van der Waals surface area contributed by atoms with Crippen LogP contribution in [0.3, 0.4) is 0 Å². The third-order valence-corrected chi connectivity index (χ3v) is 5.56. The number of halogens is 3. The summed E-state index contributed by atoms with van der Waals surface area (Å²) in [6.45, 7) is -0.262. The van der Waals surface area contributed by atoms with Crippen molar-refractivity contribution in [1.82, 2.24) is 20.2 Å². The minimum Gasteiger partial charge on any atom is -0.465 e. The zero-order chi connectivity index (χ0) is 26.8. The number of hydrogen-bond donors (Lipinski definition) is 1. The number of carbonyl (C=O) groups excluding carboxylic acids is 3. The number of esters is 1. The summed E-state index contributed by atoms with van der Waals surface area (Å²) in [4.78, 5) is 46.0. The number of methoxy groups -OCH3 is 1. The van der Waals surface area contributed by atoms with Gasteiger partial charge in [0.25, 0.3) is 0 Å². The van der Waals surface area contributed by atoms with Gasteiger partial charge < -0.3 is 15.0 Å². The lowest BCUT2D eigenvalue weighted by atomic mass is 10.0. The molecule has 0 bridgehead atoms. The SMILES string of the molecule is COC(=O)c1ccc(C(C(=O)NCCc2ccncc2)N(CCc2ccncc2)C(=O)C(F)(F)F)cc1. The topological polar surface area (TPSA) is 101 Å². The molecule has 0 saturated carbocycles. The highest BCUT2D eigenvalue weighted by atomic mass is 19.4.